The second-order valence-electron chi connectivity index (χ2n) is 3.85. The standard InChI is InChI=1S/C12H15FN2O2S/c1-2-7-18(16,17)8-6-15-12-5-3-4-11(13)10(12)9-14/h3-5,15H,2,6-8H2,1H3. The van der Waals surface area contributed by atoms with E-state index in [0.29, 0.717) is 12.1 Å². The summed E-state index contributed by atoms with van der Waals surface area (Å²) in [7, 11) is -3.07. The summed E-state index contributed by atoms with van der Waals surface area (Å²) in [6.45, 7) is 1.96. The Hall–Kier alpha value is -1.61. The van der Waals surface area contributed by atoms with Crippen LogP contribution in [0.25, 0.3) is 0 Å². The molecule has 0 radical (unpaired) electrons. The minimum Gasteiger partial charge on any atom is -0.383 e. The molecular formula is C12H15FN2O2S. The first kappa shape index (κ1) is 14.5. The van der Waals surface area contributed by atoms with Crippen LogP contribution < -0.4 is 5.32 Å². The summed E-state index contributed by atoms with van der Waals surface area (Å²) < 4.78 is 36.2. The molecule has 0 unspecified atom stereocenters. The monoisotopic (exact) mass is 270 g/mol. The molecule has 98 valence electrons. The fourth-order valence-corrected chi connectivity index (χ4v) is 2.78. The van der Waals surface area contributed by atoms with Crippen molar-refractivity contribution in [2.24, 2.45) is 0 Å². The largest absolute Gasteiger partial charge is 0.383 e. The molecule has 1 aromatic carbocycles. The quantitative estimate of drug-likeness (QED) is 0.857. The minimum absolute atomic E-state index is 0.0256. The van der Waals surface area contributed by atoms with Crippen molar-refractivity contribution in [1.82, 2.24) is 0 Å². The van der Waals surface area contributed by atoms with E-state index in [0.717, 1.165) is 0 Å². The van der Waals surface area contributed by atoms with Gasteiger partial charge in [-0.3, -0.25) is 0 Å². The lowest BCUT2D eigenvalue weighted by Crippen LogP contribution is -2.18. The summed E-state index contributed by atoms with van der Waals surface area (Å²) in [5.41, 5.74) is 0.231. The molecule has 0 atom stereocenters. The summed E-state index contributed by atoms with van der Waals surface area (Å²) in [6.07, 6.45) is 0.575. The van der Waals surface area contributed by atoms with Gasteiger partial charge in [0.15, 0.2) is 9.84 Å². The zero-order valence-electron chi connectivity index (χ0n) is 10.1. The maximum Gasteiger partial charge on any atom is 0.152 e. The van der Waals surface area contributed by atoms with Crippen LogP contribution >= 0.6 is 0 Å². The molecule has 0 aliphatic rings. The van der Waals surface area contributed by atoms with E-state index in [2.05, 4.69) is 5.32 Å². The number of hydrogen-bond acceptors (Lipinski definition) is 4. The molecule has 1 rings (SSSR count). The normalized spacial score (nSPS) is 10.9. The lowest BCUT2D eigenvalue weighted by molar-refractivity contribution is 0.595. The van der Waals surface area contributed by atoms with Gasteiger partial charge in [-0.1, -0.05) is 13.0 Å². The van der Waals surface area contributed by atoms with Gasteiger partial charge < -0.3 is 5.32 Å². The highest BCUT2D eigenvalue weighted by atomic mass is 32.2. The lowest BCUT2D eigenvalue weighted by Gasteiger charge is -2.08. The number of benzene rings is 1. The number of sulfone groups is 1. The summed E-state index contributed by atoms with van der Waals surface area (Å²) in [5, 5.41) is 11.6. The third-order valence-corrected chi connectivity index (χ3v) is 4.23. The number of rotatable bonds is 6. The van der Waals surface area contributed by atoms with E-state index in [-0.39, 0.29) is 23.6 Å². The average Bonchev–Trinajstić information content (AvgIpc) is 2.29. The second kappa shape index (κ2) is 6.36. The molecule has 4 nitrogen and oxygen atoms in total. The van der Waals surface area contributed by atoms with Crippen molar-refractivity contribution in [2.75, 3.05) is 23.4 Å². The van der Waals surface area contributed by atoms with Gasteiger partial charge in [0.25, 0.3) is 0 Å². The molecule has 1 aromatic rings. The van der Waals surface area contributed by atoms with Crippen LogP contribution in [0, 0.1) is 17.1 Å². The first-order chi connectivity index (χ1) is 8.50. The van der Waals surface area contributed by atoms with E-state index in [1.807, 2.05) is 0 Å². The van der Waals surface area contributed by atoms with Crippen LogP contribution in [-0.2, 0) is 9.84 Å². The Balaban J connectivity index is 2.66. The fourth-order valence-electron chi connectivity index (χ4n) is 1.54. The Morgan fingerprint density at radius 2 is 2.11 bits per heavy atom. The molecule has 0 spiro atoms. The van der Waals surface area contributed by atoms with E-state index in [4.69, 9.17) is 5.26 Å². The SMILES string of the molecule is CCCS(=O)(=O)CCNc1cccc(F)c1C#N. The molecule has 0 bridgehead atoms. The third-order valence-electron chi connectivity index (χ3n) is 2.37. The van der Waals surface area contributed by atoms with Crippen molar-refractivity contribution in [3.63, 3.8) is 0 Å². The first-order valence-electron chi connectivity index (χ1n) is 5.63. The Kier molecular flexibility index (Phi) is 5.10. The average molecular weight is 270 g/mol. The van der Waals surface area contributed by atoms with Crippen molar-refractivity contribution in [1.29, 1.82) is 5.26 Å². The zero-order valence-corrected chi connectivity index (χ0v) is 10.9. The molecule has 6 heteroatoms. The van der Waals surface area contributed by atoms with Crippen molar-refractivity contribution in [2.45, 2.75) is 13.3 Å². The Morgan fingerprint density at radius 1 is 1.39 bits per heavy atom. The summed E-state index contributed by atoms with van der Waals surface area (Å²) in [6, 6.07) is 5.96. The van der Waals surface area contributed by atoms with Gasteiger partial charge in [-0.15, -0.1) is 0 Å². The highest BCUT2D eigenvalue weighted by molar-refractivity contribution is 7.91. The van der Waals surface area contributed by atoms with Crippen LogP contribution in [0.15, 0.2) is 18.2 Å². The van der Waals surface area contributed by atoms with Gasteiger partial charge in [0.1, 0.15) is 17.4 Å². The van der Waals surface area contributed by atoms with Gasteiger partial charge in [0.05, 0.1) is 11.4 Å². The molecule has 0 saturated carbocycles. The third kappa shape index (κ3) is 4.00. The minimum atomic E-state index is -3.07. The van der Waals surface area contributed by atoms with Crippen LogP contribution in [0.1, 0.15) is 18.9 Å². The summed E-state index contributed by atoms with van der Waals surface area (Å²) in [5.74, 6) is -0.496. The van der Waals surface area contributed by atoms with E-state index >= 15 is 0 Å². The van der Waals surface area contributed by atoms with Crippen LogP contribution in [-0.4, -0.2) is 26.5 Å². The van der Waals surface area contributed by atoms with Crippen molar-refractivity contribution in [3.05, 3.63) is 29.6 Å². The first-order valence-corrected chi connectivity index (χ1v) is 7.45. The van der Waals surface area contributed by atoms with Gasteiger partial charge in [0.2, 0.25) is 0 Å². The number of hydrogen-bond donors (Lipinski definition) is 1. The van der Waals surface area contributed by atoms with Crippen LogP contribution in [0.5, 0.6) is 0 Å². The number of nitrogens with one attached hydrogen (secondary N) is 1. The summed E-state index contributed by atoms with van der Waals surface area (Å²) in [4.78, 5) is 0. The number of nitriles is 1. The van der Waals surface area contributed by atoms with Crippen molar-refractivity contribution in [3.8, 4) is 6.07 Å². The maximum absolute atomic E-state index is 13.3. The van der Waals surface area contributed by atoms with Crippen LogP contribution in [0.3, 0.4) is 0 Å². The molecule has 0 aromatic heterocycles. The predicted molar refractivity (Wildman–Crippen MR) is 68.5 cm³/mol. The van der Waals surface area contributed by atoms with Crippen LogP contribution in [0.4, 0.5) is 10.1 Å². The fraction of sp³-hybridized carbons (Fsp3) is 0.417. The Bertz CT molecular complexity index is 550. The zero-order chi connectivity index (χ0) is 13.6. The van der Waals surface area contributed by atoms with Gasteiger partial charge in [0, 0.05) is 12.3 Å². The lowest BCUT2D eigenvalue weighted by atomic mass is 10.2. The molecule has 0 heterocycles. The number of nitrogens with zero attached hydrogens (tertiary/aromatic N) is 1. The molecular weight excluding hydrogens is 255 g/mol. The number of halogens is 1. The molecule has 18 heavy (non-hydrogen) atoms. The van der Waals surface area contributed by atoms with Gasteiger partial charge in [-0.05, 0) is 18.6 Å². The highest BCUT2D eigenvalue weighted by Crippen LogP contribution is 2.17. The molecule has 0 fully saturated rings. The van der Waals surface area contributed by atoms with E-state index in [1.165, 1.54) is 12.1 Å². The Morgan fingerprint density at radius 3 is 2.72 bits per heavy atom. The van der Waals surface area contributed by atoms with Gasteiger partial charge in [-0.25, -0.2) is 12.8 Å². The van der Waals surface area contributed by atoms with E-state index in [9.17, 15) is 12.8 Å². The predicted octanol–water partition coefficient (Wildman–Crippen LogP) is 1.93. The molecule has 0 saturated heterocycles. The highest BCUT2D eigenvalue weighted by Gasteiger charge is 2.11. The van der Waals surface area contributed by atoms with Crippen LogP contribution in [0.2, 0.25) is 0 Å². The van der Waals surface area contributed by atoms with E-state index < -0.39 is 15.7 Å². The molecule has 0 aliphatic heterocycles. The second-order valence-corrected chi connectivity index (χ2v) is 6.16. The smallest absolute Gasteiger partial charge is 0.152 e. The van der Waals surface area contributed by atoms with Crippen molar-refractivity contribution < 1.29 is 12.8 Å². The topological polar surface area (TPSA) is 70.0 Å². The molecule has 1 N–H and O–H groups in total. The van der Waals surface area contributed by atoms with E-state index in [1.54, 1.807) is 19.1 Å². The van der Waals surface area contributed by atoms with Gasteiger partial charge in [-0.2, -0.15) is 5.26 Å². The Labute approximate surface area is 106 Å². The summed E-state index contributed by atoms with van der Waals surface area (Å²) >= 11 is 0. The maximum atomic E-state index is 13.3. The molecule has 0 amide bonds. The number of anilines is 1. The van der Waals surface area contributed by atoms with Crippen molar-refractivity contribution >= 4 is 15.5 Å². The van der Waals surface area contributed by atoms with Gasteiger partial charge >= 0.3 is 0 Å². The molecule has 0 aliphatic carbocycles.